The summed E-state index contributed by atoms with van der Waals surface area (Å²) in [5.41, 5.74) is 1.14. The minimum atomic E-state index is 0.705. The number of unbranched alkanes of at least 4 members (excludes halogenated alkanes) is 1. The van der Waals surface area contributed by atoms with Gasteiger partial charge >= 0.3 is 0 Å². The molecule has 0 N–H and O–H groups in total. The van der Waals surface area contributed by atoms with Crippen molar-refractivity contribution in [2.75, 3.05) is 14.2 Å². The average molecular weight is 299 g/mol. The van der Waals surface area contributed by atoms with Gasteiger partial charge in [-0.15, -0.1) is 0 Å². The Morgan fingerprint density at radius 2 is 1.80 bits per heavy atom. The molecule has 1 aromatic rings. The summed E-state index contributed by atoms with van der Waals surface area (Å²) >= 11 is 6.13. The number of hydrogen-bond donors (Lipinski definition) is 0. The van der Waals surface area contributed by atoms with E-state index in [2.05, 4.69) is 13.8 Å². The quantitative estimate of drug-likeness (QED) is 0.599. The third-order valence-corrected chi connectivity index (χ3v) is 3.93. The van der Waals surface area contributed by atoms with Gasteiger partial charge in [0.2, 0.25) is 0 Å². The SMILES string of the molecule is CCCC[C@H](C)CCCc1cc(Cl)cc(OC)c1OC. The number of methoxy groups -OCH3 is 2. The molecule has 114 valence electrons. The zero-order valence-electron chi connectivity index (χ0n) is 13.2. The van der Waals surface area contributed by atoms with Crippen LogP contribution in [0.25, 0.3) is 0 Å². The highest BCUT2D eigenvalue weighted by atomic mass is 35.5. The molecule has 1 atom stereocenters. The summed E-state index contributed by atoms with van der Waals surface area (Å²) in [6.07, 6.45) is 7.32. The van der Waals surface area contributed by atoms with Crippen LogP contribution in [0.15, 0.2) is 12.1 Å². The summed E-state index contributed by atoms with van der Waals surface area (Å²) in [6.45, 7) is 4.58. The zero-order chi connectivity index (χ0) is 15.0. The second-order valence-electron chi connectivity index (χ2n) is 5.44. The highest BCUT2D eigenvalue weighted by Crippen LogP contribution is 2.35. The Morgan fingerprint density at radius 1 is 1.10 bits per heavy atom. The van der Waals surface area contributed by atoms with Crippen molar-refractivity contribution in [2.24, 2.45) is 5.92 Å². The fourth-order valence-corrected chi connectivity index (χ4v) is 2.76. The number of rotatable bonds is 9. The van der Waals surface area contributed by atoms with E-state index in [4.69, 9.17) is 21.1 Å². The molecule has 3 heteroatoms. The lowest BCUT2D eigenvalue weighted by Crippen LogP contribution is -1.99. The fraction of sp³-hybridized carbons (Fsp3) is 0.647. The molecule has 0 bridgehead atoms. The van der Waals surface area contributed by atoms with Crippen LogP contribution in [-0.4, -0.2) is 14.2 Å². The highest BCUT2D eigenvalue weighted by Gasteiger charge is 2.12. The number of ether oxygens (including phenoxy) is 2. The summed E-state index contributed by atoms with van der Waals surface area (Å²) in [7, 11) is 3.32. The molecule has 0 aliphatic heterocycles. The molecule has 0 amide bonds. The Kier molecular flexibility index (Phi) is 7.83. The lowest BCUT2D eigenvalue weighted by molar-refractivity contribution is 0.350. The molecule has 0 unspecified atom stereocenters. The number of halogens is 1. The predicted molar refractivity (Wildman–Crippen MR) is 86.2 cm³/mol. The van der Waals surface area contributed by atoms with Gasteiger partial charge in [-0.2, -0.15) is 0 Å². The second kappa shape index (κ2) is 9.12. The number of hydrogen-bond acceptors (Lipinski definition) is 2. The van der Waals surface area contributed by atoms with Crippen molar-refractivity contribution >= 4 is 11.6 Å². The van der Waals surface area contributed by atoms with Crippen LogP contribution in [0, 0.1) is 5.92 Å². The van der Waals surface area contributed by atoms with E-state index in [1.54, 1.807) is 20.3 Å². The molecule has 0 saturated carbocycles. The van der Waals surface area contributed by atoms with Gasteiger partial charge in [0, 0.05) is 11.1 Å². The number of aryl methyl sites for hydroxylation is 1. The lowest BCUT2D eigenvalue weighted by Gasteiger charge is -2.15. The first kappa shape index (κ1) is 17.2. The van der Waals surface area contributed by atoms with Crippen molar-refractivity contribution in [1.29, 1.82) is 0 Å². The molecular formula is C17H27ClO2. The molecule has 0 spiro atoms. The monoisotopic (exact) mass is 298 g/mol. The Hall–Kier alpha value is -0.890. The Morgan fingerprint density at radius 3 is 2.40 bits per heavy atom. The van der Waals surface area contributed by atoms with Gasteiger partial charge in [0.25, 0.3) is 0 Å². The van der Waals surface area contributed by atoms with Gasteiger partial charge in [-0.3, -0.25) is 0 Å². The fourth-order valence-electron chi connectivity index (χ4n) is 2.53. The standard InChI is InChI=1S/C17H27ClO2/c1-5-6-8-13(2)9-7-10-14-11-15(18)12-16(19-3)17(14)20-4/h11-13H,5-10H2,1-4H3/t13-/m0/s1. The highest BCUT2D eigenvalue weighted by molar-refractivity contribution is 6.30. The first-order valence-corrected chi connectivity index (χ1v) is 7.90. The van der Waals surface area contributed by atoms with Crippen LogP contribution in [0.4, 0.5) is 0 Å². The van der Waals surface area contributed by atoms with Crippen molar-refractivity contribution in [3.05, 3.63) is 22.7 Å². The molecule has 0 saturated heterocycles. The van der Waals surface area contributed by atoms with Crippen LogP contribution in [0.2, 0.25) is 5.02 Å². The maximum atomic E-state index is 6.13. The first-order valence-electron chi connectivity index (χ1n) is 7.52. The molecule has 20 heavy (non-hydrogen) atoms. The minimum Gasteiger partial charge on any atom is -0.493 e. The minimum absolute atomic E-state index is 0.705. The van der Waals surface area contributed by atoms with E-state index in [1.165, 1.54) is 25.7 Å². The van der Waals surface area contributed by atoms with E-state index < -0.39 is 0 Å². The summed E-state index contributed by atoms with van der Waals surface area (Å²) in [6, 6.07) is 3.79. The number of benzene rings is 1. The topological polar surface area (TPSA) is 18.5 Å². The van der Waals surface area contributed by atoms with Gasteiger partial charge < -0.3 is 9.47 Å². The first-order chi connectivity index (χ1) is 9.62. The lowest BCUT2D eigenvalue weighted by atomic mass is 9.96. The summed E-state index contributed by atoms with van der Waals surface area (Å²) in [4.78, 5) is 0. The van der Waals surface area contributed by atoms with Crippen molar-refractivity contribution in [1.82, 2.24) is 0 Å². The molecule has 0 aromatic heterocycles. The van der Waals surface area contributed by atoms with Crippen LogP contribution < -0.4 is 9.47 Å². The van der Waals surface area contributed by atoms with Crippen molar-refractivity contribution in [2.45, 2.75) is 52.4 Å². The molecule has 0 aliphatic carbocycles. The molecule has 1 rings (SSSR count). The largest absolute Gasteiger partial charge is 0.493 e. The van der Waals surface area contributed by atoms with Gasteiger partial charge in [-0.1, -0.05) is 51.1 Å². The van der Waals surface area contributed by atoms with E-state index in [0.717, 1.165) is 30.1 Å². The Bertz CT molecular complexity index is 404. The normalized spacial score (nSPS) is 12.2. The van der Waals surface area contributed by atoms with Crippen LogP contribution in [0.1, 0.15) is 51.5 Å². The molecule has 0 heterocycles. The van der Waals surface area contributed by atoms with Crippen molar-refractivity contribution in [3.63, 3.8) is 0 Å². The second-order valence-corrected chi connectivity index (χ2v) is 5.88. The van der Waals surface area contributed by atoms with Crippen molar-refractivity contribution in [3.8, 4) is 11.5 Å². The summed E-state index contributed by atoms with van der Waals surface area (Å²) < 4.78 is 10.8. The van der Waals surface area contributed by atoms with Gasteiger partial charge in [-0.05, 0) is 30.4 Å². The van der Waals surface area contributed by atoms with Gasteiger partial charge in [-0.25, -0.2) is 0 Å². The molecule has 0 fully saturated rings. The van der Waals surface area contributed by atoms with Gasteiger partial charge in [0.1, 0.15) is 0 Å². The van der Waals surface area contributed by atoms with E-state index in [1.807, 2.05) is 6.07 Å². The predicted octanol–water partition coefficient (Wildman–Crippen LogP) is 5.51. The van der Waals surface area contributed by atoms with Crippen LogP contribution in [0.5, 0.6) is 11.5 Å². The zero-order valence-corrected chi connectivity index (χ0v) is 13.9. The smallest absolute Gasteiger partial charge is 0.163 e. The Balaban J connectivity index is 2.61. The molecule has 1 aromatic carbocycles. The van der Waals surface area contributed by atoms with Crippen molar-refractivity contribution < 1.29 is 9.47 Å². The molecule has 2 nitrogen and oxygen atoms in total. The van der Waals surface area contributed by atoms with Crippen LogP contribution in [0.3, 0.4) is 0 Å². The van der Waals surface area contributed by atoms with E-state index in [9.17, 15) is 0 Å². The van der Waals surface area contributed by atoms with E-state index >= 15 is 0 Å². The maximum absolute atomic E-state index is 6.13. The third kappa shape index (κ3) is 5.24. The van der Waals surface area contributed by atoms with Crippen LogP contribution >= 0.6 is 11.6 Å². The summed E-state index contributed by atoms with van der Waals surface area (Å²) in [5.74, 6) is 2.33. The summed E-state index contributed by atoms with van der Waals surface area (Å²) in [5, 5.41) is 0.705. The molecular weight excluding hydrogens is 272 g/mol. The maximum Gasteiger partial charge on any atom is 0.163 e. The van der Waals surface area contributed by atoms with Gasteiger partial charge in [0.05, 0.1) is 14.2 Å². The average Bonchev–Trinajstić information content (AvgIpc) is 2.44. The molecule has 0 radical (unpaired) electrons. The Labute approximate surface area is 128 Å². The van der Waals surface area contributed by atoms with E-state index in [0.29, 0.717) is 10.8 Å². The van der Waals surface area contributed by atoms with Gasteiger partial charge in [0.15, 0.2) is 11.5 Å². The van der Waals surface area contributed by atoms with Crippen LogP contribution in [-0.2, 0) is 6.42 Å². The molecule has 0 aliphatic rings. The van der Waals surface area contributed by atoms with E-state index in [-0.39, 0.29) is 0 Å². The third-order valence-electron chi connectivity index (χ3n) is 3.71.